The van der Waals surface area contributed by atoms with E-state index in [9.17, 15) is 14.4 Å². The standard InChI is InChI=1S/C21H23N3O3/c1-4-21(16-8-6-5-7-9-16)19(26)24(20(27)23-21)13-18(25)22-17-11-10-14(2)12-15(17)3/h5-12H,4,13H2,1-3H3,(H,22,25)(H,23,27)/t21-/m0/s1. The molecule has 0 radical (unpaired) electrons. The molecule has 140 valence electrons. The minimum Gasteiger partial charge on any atom is -0.324 e. The van der Waals surface area contributed by atoms with Crippen LogP contribution in [0.1, 0.15) is 30.0 Å². The maximum Gasteiger partial charge on any atom is 0.325 e. The van der Waals surface area contributed by atoms with E-state index in [2.05, 4.69) is 10.6 Å². The van der Waals surface area contributed by atoms with Crippen LogP contribution in [-0.2, 0) is 15.1 Å². The third-order valence-corrected chi connectivity index (χ3v) is 4.93. The molecule has 27 heavy (non-hydrogen) atoms. The van der Waals surface area contributed by atoms with Crippen molar-refractivity contribution in [1.82, 2.24) is 10.2 Å². The zero-order valence-corrected chi connectivity index (χ0v) is 15.7. The highest BCUT2D eigenvalue weighted by Crippen LogP contribution is 2.32. The van der Waals surface area contributed by atoms with Crippen molar-refractivity contribution >= 4 is 23.5 Å². The smallest absolute Gasteiger partial charge is 0.324 e. The van der Waals surface area contributed by atoms with Crippen molar-refractivity contribution < 1.29 is 14.4 Å². The van der Waals surface area contributed by atoms with Gasteiger partial charge in [0.2, 0.25) is 5.91 Å². The second-order valence-electron chi connectivity index (χ2n) is 6.81. The van der Waals surface area contributed by atoms with Crippen LogP contribution in [0.2, 0.25) is 0 Å². The first-order chi connectivity index (χ1) is 12.9. The zero-order valence-electron chi connectivity index (χ0n) is 15.7. The SMILES string of the molecule is CC[C@@]1(c2ccccc2)NC(=O)N(CC(=O)Nc2ccc(C)cc2C)C1=O. The number of nitrogens with one attached hydrogen (secondary N) is 2. The van der Waals surface area contributed by atoms with E-state index in [1.54, 1.807) is 12.1 Å². The van der Waals surface area contributed by atoms with Crippen molar-refractivity contribution in [2.75, 3.05) is 11.9 Å². The maximum absolute atomic E-state index is 13.0. The molecular weight excluding hydrogens is 342 g/mol. The molecule has 0 aromatic heterocycles. The fourth-order valence-electron chi connectivity index (χ4n) is 3.42. The molecule has 1 aliphatic rings. The molecule has 4 amide bonds. The molecule has 0 unspecified atom stereocenters. The lowest BCUT2D eigenvalue weighted by molar-refractivity contribution is -0.134. The first-order valence-corrected chi connectivity index (χ1v) is 8.94. The van der Waals surface area contributed by atoms with Crippen LogP contribution in [-0.4, -0.2) is 29.3 Å². The average molecular weight is 365 g/mol. The van der Waals surface area contributed by atoms with E-state index in [1.165, 1.54) is 0 Å². The number of anilines is 1. The van der Waals surface area contributed by atoms with Gasteiger partial charge in [0, 0.05) is 5.69 Å². The molecule has 0 saturated carbocycles. The van der Waals surface area contributed by atoms with Crippen molar-refractivity contribution in [2.45, 2.75) is 32.7 Å². The summed E-state index contributed by atoms with van der Waals surface area (Å²) >= 11 is 0. The lowest BCUT2D eigenvalue weighted by Gasteiger charge is -2.25. The summed E-state index contributed by atoms with van der Waals surface area (Å²) in [7, 11) is 0. The van der Waals surface area contributed by atoms with Crippen molar-refractivity contribution in [3.8, 4) is 0 Å². The molecule has 2 aromatic rings. The largest absolute Gasteiger partial charge is 0.325 e. The van der Waals surface area contributed by atoms with Crippen LogP contribution in [0.5, 0.6) is 0 Å². The van der Waals surface area contributed by atoms with Gasteiger partial charge < -0.3 is 10.6 Å². The summed E-state index contributed by atoms with van der Waals surface area (Å²) in [6.07, 6.45) is 0.400. The molecule has 1 fully saturated rings. The number of rotatable bonds is 5. The molecule has 0 spiro atoms. The molecule has 2 aromatic carbocycles. The fraction of sp³-hybridized carbons (Fsp3) is 0.286. The molecule has 0 bridgehead atoms. The first-order valence-electron chi connectivity index (χ1n) is 8.94. The molecule has 1 aliphatic heterocycles. The van der Waals surface area contributed by atoms with Gasteiger partial charge in [-0.05, 0) is 37.5 Å². The highest BCUT2D eigenvalue weighted by Gasteiger charge is 2.51. The van der Waals surface area contributed by atoms with E-state index in [1.807, 2.05) is 57.2 Å². The highest BCUT2D eigenvalue weighted by molar-refractivity contribution is 6.10. The number of carbonyl (C=O) groups is 3. The number of hydrogen-bond donors (Lipinski definition) is 2. The minimum absolute atomic E-state index is 0.327. The first kappa shape index (κ1) is 18.6. The molecule has 1 heterocycles. The predicted octanol–water partition coefficient (Wildman–Crippen LogP) is 3.10. The monoisotopic (exact) mass is 365 g/mol. The summed E-state index contributed by atoms with van der Waals surface area (Å²) in [4.78, 5) is 38.9. The Kier molecular flexibility index (Phi) is 4.99. The minimum atomic E-state index is -1.13. The van der Waals surface area contributed by atoms with Crippen LogP contribution < -0.4 is 10.6 Å². The van der Waals surface area contributed by atoms with Crippen molar-refractivity contribution in [3.63, 3.8) is 0 Å². The number of aryl methyl sites for hydroxylation is 2. The van der Waals surface area contributed by atoms with Crippen LogP contribution in [0.3, 0.4) is 0 Å². The van der Waals surface area contributed by atoms with Gasteiger partial charge in [-0.1, -0.05) is 55.0 Å². The van der Waals surface area contributed by atoms with Gasteiger partial charge in [0.05, 0.1) is 0 Å². The van der Waals surface area contributed by atoms with Gasteiger partial charge in [-0.2, -0.15) is 0 Å². The summed E-state index contributed by atoms with van der Waals surface area (Å²) < 4.78 is 0. The topological polar surface area (TPSA) is 78.5 Å². The molecule has 6 nitrogen and oxygen atoms in total. The van der Waals surface area contributed by atoms with Crippen LogP contribution in [0, 0.1) is 13.8 Å². The third kappa shape index (κ3) is 3.43. The summed E-state index contributed by atoms with van der Waals surface area (Å²) in [5, 5.41) is 5.56. The Hall–Kier alpha value is -3.15. The van der Waals surface area contributed by atoms with Gasteiger partial charge >= 0.3 is 6.03 Å². The summed E-state index contributed by atoms with van der Waals surface area (Å²) in [5.74, 6) is -0.817. The van der Waals surface area contributed by atoms with Gasteiger partial charge in [-0.15, -0.1) is 0 Å². The Morgan fingerprint density at radius 1 is 1.11 bits per heavy atom. The van der Waals surface area contributed by atoms with Crippen LogP contribution in [0.4, 0.5) is 10.5 Å². The molecule has 2 N–H and O–H groups in total. The van der Waals surface area contributed by atoms with Crippen molar-refractivity contribution in [2.24, 2.45) is 0 Å². The summed E-state index contributed by atoms with van der Waals surface area (Å²) in [6.45, 7) is 5.38. The Morgan fingerprint density at radius 2 is 1.81 bits per heavy atom. The second-order valence-corrected chi connectivity index (χ2v) is 6.81. The van der Waals surface area contributed by atoms with E-state index < -0.39 is 23.4 Å². The van der Waals surface area contributed by atoms with E-state index in [0.29, 0.717) is 17.7 Å². The number of carbonyl (C=O) groups excluding carboxylic acids is 3. The van der Waals surface area contributed by atoms with Gasteiger partial charge in [0.15, 0.2) is 0 Å². The lowest BCUT2D eigenvalue weighted by Crippen LogP contribution is -2.44. The zero-order chi connectivity index (χ0) is 19.6. The number of hydrogen-bond acceptors (Lipinski definition) is 3. The van der Waals surface area contributed by atoms with Crippen LogP contribution in [0.15, 0.2) is 48.5 Å². The van der Waals surface area contributed by atoms with E-state index in [0.717, 1.165) is 16.0 Å². The number of imide groups is 1. The number of benzene rings is 2. The Morgan fingerprint density at radius 3 is 2.44 bits per heavy atom. The second kappa shape index (κ2) is 7.23. The number of nitrogens with zero attached hydrogens (tertiary/aromatic N) is 1. The molecule has 3 rings (SSSR count). The summed E-state index contributed by atoms with van der Waals surface area (Å²) in [6, 6.07) is 14.2. The Bertz CT molecular complexity index is 895. The quantitative estimate of drug-likeness (QED) is 0.799. The van der Waals surface area contributed by atoms with E-state index >= 15 is 0 Å². The van der Waals surface area contributed by atoms with Gasteiger partial charge in [-0.3, -0.25) is 14.5 Å². The third-order valence-electron chi connectivity index (χ3n) is 4.93. The van der Waals surface area contributed by atoms with Crippen LogP contribution >= 0.6 is 0 Å². The number of urea groups is 1. The molecule has 6 heteroatoms. The van der Waals surface area contributed by atoms with E-state index in [4.69, 9.17) is 0 Å². The van der Waals surface area contributed by atoms with Crippen molar-refractivity contribution in [1.29, 1.82) is 0 Å². The highest BCUT2D eigenvalue weighted by atomic mass is 16.2. The Balaban J connectivity index is 1.78. The molecule has 1 atom stereocenters. The normalized spacial score (nSPS) is 19.1. The number of amides is 4. The molecular formula is C21H23N3O3. The lowest BCUT2D eigenvalue weighted by atomic mass is 9.87. The summed E-state index contributed by atoms with van der Waals surface area (Å²) in [5.41, 5.74) is 2.27. The molecule has 0 aliphatic carbocycles. The predicted molar refractivity (Wildman–Crippen MR) is 103 cm³/mol. The average Bonchev–Trinajstić information content (AvgIpc) is 2.90. The van der Waals surface area contributed by atoms with Gasteiger partial charge in [0.25, 0.3) is 5.91 Å². The van der Waals surface area contributed by atoms with E-state index in [-0.39, 0.29) is 6.54 Å². The van der Waals surface area contributed by atoms with Crippen molar-refractivity contribution in [3.05, 3.63) is 65.2 Å². The maximum atomic E-state index is 13.0. The molecule has 1 saturated heterocycles. The fourth-order valence-corrected chi connectivity index (χ4v) is 3.42. The van der Waals surface area contributed by atoms with Gasteiger partial charge in [-0.25, -0.2) is 4.79 Å². The van der Waals surface area contributed by atoms with Gasteiger partial charge in [0.1, 0.15) is 12.1 Å². The Labute approximate surface area is 158 Å². The van der Waals surface area contributed by atoms with Crippen LogP contribution in [0.25, 0.3) is 0 Å².